The van der Waals surface area contributed by atoms with Gasteiger partial charge in [-0.2, -0.15) is 0 Å². The van der Waals surface area contributed by atoms with Crippen LogP contribution >= 0.6 is 0 Å². The van der Waals surface area contributed by atoms with Gasteiger partial charge in [0.05, 0.1) is 4.90 Å². The Morgan fingerprint density at radius 3 is 2.53 bits per heavy atom. The average molecular weight is 284 g/mol. The van der Waals surface area contributed by atoms with E-state index in [9.17, 15) is 13.2 Å². The maximum Gasteiger partial charge on any atom is 0.251 e. The van der Waals surface area contributed by atoms with E-state index in [0.717, 1.165) is 6.42 Å². The number of primary sulfonamides is 1. The van der Waals surface area contributed by atoms with E-state index in [4.69, 9.17) is 5.14 Å². The van der Waals surface area contributed by atoms with Crippen LogP contribution in [0.3, 0.4) is 0 Å². The van der Waals surface area contributed by atoms with E-state index in [0.29, 0.717) is 11.5 Å². The van der Waals surface area contributed by atoms with Crippen molar-refractivity contribution in [2.24, 2.45) is 11.1 Å². The molecule has 0 aliphatic heterocycles. The summed E-state index contributed by atoms with van der Waals surface area (Å²) in [6.45, 7) is 6.02. The van der Waals surface area contributed by atoms with Crippen LogP contribution < -0.4 is 10.5 Å². The van der Waals surface area contributed by atoms with E-state index in [-0.39, 0.29) is 16.8 Å². The number of amides is 1. The molecule has 19 heavy (non-hydrogen) atoms. The summed E-state index contributed by atoms with van der Waals surface area (Å²) in [5.41, 5.74) is 0.293. The van der Waals surface area contributed by atoms with E-state index < -0.39 is 10.0 Å². The maximum absolute atomic E-state index is 12.0. The summed E-state index contributed by atoms with van der Waals surface area (Å²) in [4.78, 5) is 11.9. The predicted molar refractivity (Wildman–Crippen MR) is 74.2 cm³/mol. The summed E-state index contributed by atoms with van der Waals surface area (Å²) in [6.07, 6.45) is 0.957. The summed E-state index contributed by atoms with van der Waals surface area (Å²) in [5.74, 6) is 0.0590. The smallest absolute Gasteiger partial charge is 0.251 e. The molecular weight excluding hydrogens is 264 g/mol. The molecule has 106 valence electrons. The molecule has 0 aliphatic rings. The van der Waals surface area contributed by atoms with Gasteiger partial charge in [0.25, 0.3) is 5.91 Å². The standard InChI is InChI=1S/C13H20N2O3S/c1-4-9(2)10(3)15-13(16)11-6-5-7-12(8-11)19(14,17)18/h5-10H,4H2,1-3H3,(H,15,16)(H2,14,17,18). The fourth-order valence-corrected chi connectivity index (χ4v) is 2.16. The van der Waals surface area contributed by atoms with Crippen LogP contribution in [0.4, 0.5) is 0 Å². The van der Waals surface area contributed by atoms with Crippen molar-refractivity contribution in [2.45, 2.75) is 38.1 Å². The van der Waals surface area contributed by atoms with Crippen molar-refractivity contribution >= 4 is 15.9 Å². The van der Waals surface area contributed by atoms with Gasteiger partial charge in [-0.1, -0.05) is 26.3 Å². The molecule has 0 fully saturated rings. The van der Waals surface area contributed by atoms with Gasteiger partial charge < -0.3 is 5.32 Å². The highest BCUT2D eigenvalue weighted by Crippen LogP contribution is 2.12. The maximum atomic E-state index is 12.0. The number of carbonyl (C=O) groups excluding carboxylic acids is 1. The number of carbonyl (C=O) groups is 1. The Hall–Kier alpha value is -1.40. The van der Waals surface area contributed by atoms with Crippen molar-refractivity contribution in [1.29, 1.82) is 0 Å². The van der Waals surface area contributed by atoms with Crippen molar-refractivity contribution in [3.05, 3.63) is 29.8 Å². The first kappa shape index (κ1) is 15.7. The first-order chi connectivity index (χ1) is 8.75. The molecule has 2 atom stereocenters. The van der Waals surface area contributed by atoms with E-state index >= 15 is 0 Å². The zero-order chi connectivity index (χ0) is 14.6. The Balaban J connectivity index is 2.90. The fourth-order valence-electron chi connectivity index (χ4n) is 1.60. The minimum absolute atomic E-state index is 0.0237. The molecule has 1 amide bonds. The lowest BCUT2D eigenvalue weighted by atomic mass is 10.0. The molecule has 1 aromatic carbocycles. The van der Waals surface area contributed by atoms with Crippen LogP contribution in [0.5, 0.6) is 0 Å². The molecule has 0 heterocycles. The van der Waals surface area contributed by atoms with Crippen molar-refractivity contribution < 1.29 is 13.2 Å². The Labute approximate surface area is 114 Å². The van der Waals surface area contributed by atoms with Gasteiger partial charge in [0.1, 0.15) is 0 Å². The SMILES string of the molecule is CCC(C)C(C)NC(=O)c1cccc(S(N)(=O)=O)c1. The van der Waals surface area contributed by atoms with Crippen LogP contribution in [-0.2, 0) is 10.0 Å². The second-order valence-electron chi connectivity index (χ2n) is 4.72. The third-order valence-corrected chi connectivity index (χ3v) is 4.19. The van der Waals surface area contributed by atoms with Gasteiger partial charge in [-0.15, -0.1) is 0 Å². The van der Waals surface area contributed by atoms with Crippen LogP contribution in [0.15, 0.2) is 29.2 Å². The Kier molecular flexibility index (Phi) is 5.08. The van der Waals surface area contributed by atoms with Crippen LogP contribution in [-0.4, -0.2) is 20.4 Å². The lowest BCUT2D eigenvalue weighted by Gasteiger charge is -2.19. The van der Waals surface area contributed by atoms with Crippen molar-refractivity contribution in [3.8, 4) is 0 Å². The van der Waals surface area contributed by atoms with Gasteiger partial charge >= 0.3 is 0 Å². The van der Waals surface area contributed by atoms with Crippen LogP contribution in [0, 0.1) is 5.92 Å². The van der Waals surface area contributed by atoms with E-state index in [1.54, 1.807) is 6.07 Å². The van der Waals surface area contributed by atoms with E-state index in [2.05, 4.69) is 12.2 Å². The van der Waals surface area contributed by atoms with Gasteiger partial charge in [-0.3, -0.25) is 4.79 Å². The molecule has 0 bridgehead atoms. The summed E-state index contributed by atoms with van der Waals surface area (Å²) in [5, 5.41) is 7.89. The Morgan fingerprint density at radius 1 is 1.37 bits per heavy atom. The number of benzene rings is 1. The number of hydrogen-bond donors (Lipinski definition) is 2. The summed E-state index contributed by atoms with van der Waals surface area (Å²) in [7, 11) is -3.79. The van der Waals surface area contributed by atoms with E-state index in [1.807, 2.05) is 13.8 Å². The molecule has 1 aromatic rings. The second kappa shape index (κ2) is 6.16. The molecular formula is C13H20N2O3S. The highest BCUT2D eigenvalue weighted by Gasteiger charge is 2.16. The molecule has 0 spiro atoms. The molecule has 3 N–H and O–H groups in total. The Bertz CT molecular complexity index is 555. The van der Waals surface area contributed by atoms with Crippen molar-refractivity contribution in [2.75, 3.05) is 0 Å². The third-order valence-electron chi connectivity index (χ3n) is 3.28. The topological polar surface area (TPSA) is 89.3 Å². The van der Waals surface area contributed by atoms with Crippen LogP contribution in [0.2, 0.25) is 0 Å². The zero-order valence-corrected chi connectivity index (χ0v) is 12.2. The molecule has 1 rings (SSSR count). The minimum Gasteiger partial charge on any atom is -0.349 e. The summed E-state index contributed by atoms with van der Waals surface area (Å²) in [6, 6.07) is 5.74. The lowest BCUT2D eigenvalue weighted by molar-refractivity contribution is 0.0928. The molecule has 0 aliphatic carbocycles. The fraction of sp³-hybridized carbons (Fsp3) is 0.462. The number of nitrogens with one attached hydrogen (secondary N) is 1. The zero-order valence-electron chi connectivity index (χ0n) is 11.4. The number of rotatable bonds is 5. The van der Waals surface area contributed by atoms with Gasteiger partial charge in [0.15, 0.2) is 0 Å². The molecule has 0 saturated heterocycles. The first-order valence-corrected chi connectivity index (χ1v) is 7.74. The number of hydrogen-bond acceptors (Lipinski definition) is 3. The van der Waals surface area contributed by atoms with Gasteiger partial charge in [0.2, 0.25) is 10.0 Å². The normalized spacial score (nSPS) is 14.7. The quantitative estimate of drug-likeness (QED) is 0.858. The molecule has 6 heteroatoms. The second-order valence-corrected chi connectivity index (χ2v) is 6.28. The molecule has 5 nitrogen and oxygen atoms in total. The highest BCUT2D eigenvalue weighted by atomic mass is 32.2. The van der Waals surface area contributed by atoms with Crippen molar-refractivity contribution in [3.63, 3.8) is 0 Å². The van der Waals surface area contributed by atoms with Crippen LogP contribution in [0.25, 0.3) is 0 Å². The molecule has 2 unspecified atom stereocenters. The first-order valence-electron chi connectivity index (χ1n) is 6.19. The monoisotopic (exact) mass is 284 g/mol. The number of sulfonamides is 1. The predicted octanol–water partition coefficient (Wildman–Crippen LogP) is 1.50. The van der Waals surface area contributed by atoms with Crippen LogP contribution in [0.1, 0.15) is 37.6 Å². The molecule has 0 aromatic heterocycles. The van der Waals surface area contributed by atoms with E-state index in [1.165, 1.54) is 18.2 Å². The molecule has 0 radical (unpaired) electrons. The molecule has 0 saturated carbocycles. The van der Waals surface area contributed by atoms with Gasteiger partial charge in [-0.25, -0.2) is 13.6 Å². The third kappa shape index (κ3) is 4.33. The largest absolute Gasteiger partial charge is 0.349 e. The summed E-state index contributed by atoms with van der Waals surface area (Å²) < 4.78 is 22.5. The van der Waals surface area contributed by atoms with Crippen molar-refractivity contribution in [1.82, 2.24) is 5.32 Å². The average Bonchev–Trinajstić information content (AvgIpc) is 2.36. The van der Waals surface area contributed by atoms with Gasteiger partial charge in [0, 0.05) is 11.6 Å². The Morgan fingerprint density at radius 2 is 2.00 bits per heavy atom. The summed E-state index contributed by atoms with van der Waals surface area (Å²) >= 11 is 0. The minimum atomic E-state index is -3.79. The lowest BCUT2D eigenvalue weighted by Crippen LogP contribution is -2.36. The van der Waals surface area contributed by atoms with Gasteiger partial charge in [-0.05, 0) is 31.0 Å². The number of nitrogens with two attached hydrogens (primary N) is 1. The highest BCUT2D eigenvalue weighted by molar-refractivity contribution is 7.89.